The molecule has 0 saturated carbocycles. The lowest BCUT2D eigenvalue weighted by Gasteiger charge is -2.27. The van der Waals surface area contributed by atoms with Crippen molar-refractivity contribution in [2.45, 2.75) is 38.1 Å². The molecular weight excluding hydrogens is 388 g/mol. The second-order valence-corrected chi connectivity index (χ2v) is 7.70. The summed E-state index contributed by atoms with van der Waals surface area (Å²) in [6.07, 6.45) is 0. The van der Waals surface area contributed by atoms with Gasteiger partial charge >= 0.3 is 0 Å². The third-order valence-electron chi connectivity index (χ3n) is 4.04. The van der Waals surface area contributed by atoms with Gasteiger partial charge in [-0.05, 0) is 37.1 Å². The van der Waals surface area contributed by atoms with Gasteiger partial charge in [0.25, 0.3) is 0 Å². The number of hydrogen-bond acceptors (Lipinski definition) is 7. The summed E-state index contributed by atoms with van der Waals surface area (Å²) in [6.45, 7) is 5.57. The smallest absolute Gasteiger partial charge is 0.231 e. The summed E-state index contributed by atoms with van der Waals surface area (Å²) in [5.41, 5.74) is -0.925. The normalized spacial score (nSPS) is 13.0. The number of hydrogen-bond donors (Lipinski definition) is 2. The third-order valence-corrected chi connectivity index (χ3v) is 5.23. The number of nitrogens with one attached hydrogen (secondary N) is 1. The Labute approximate surface area is 167 Å². The van der Waals surface area contributed by atoms with Gasteiger partial charge in [0.1, 0.15) is 17.9 Å². The minimum Gasteiger partial charge on any atom is -0.486 e. The summed E-state index contributed by atoms with van der Waals surface area (Å²) < 4.78 is 6.86. The Hall–Kier alpha value is -2.44. The molecule has 0 radical (unpaired) electrons. The van der Waals surface area contributed by atoms with Gasteiger partial charge in [-0.15, -0.1) is 10.2 Å². The first kappa shape index (κ1) is 20.9. The summed E-state index contributed by atoms with van der Waals surface area (Å²) in [5, 5.41) is 20.9. The summed E-state index contributed by atoms with van der Waals surface area (Å²) in [7, 11) is 0. The second kappa shape index (κ2) is 8.97. The van der Waals surface area contributed by atoms with Crippen LogP contribution in [0.1, 0.15) is 26.6 Å². The molecule has 1 aromatic heterocycles. The molecule has 10 heteroatoms. The van der Waals surface area contributed by atoms with Gasteiger partial charge in [0, 0.05) is 5.02 Å². The number of nitrogens with zero attached hydrogens (tertiary/aromatic N) is 4. The van der Waals surface area contributed by atoms with Crippen molar-refractivity contribution in [1.29, 1.82) is 5.26 Å². The number of benzene rings is 1. The predicted octanol–water partition coefficient (Wildman–Crippen LogP) is 2.37. The maximum atomic E-state index is 12.1. The molecule has 2 aromatic rings. The molecule has 144 valence electrons. The molecule has 0 aliphatic carbocycles. The molecule has 1 unspecified atom stereocenters. The van der Waals surface area contributed by atoms with Crippen molar-refractivity contribution in [3.8, 4) is 11.8 Å². The number of nitrogens with two attached hydrogens (primary N) is 1. The van der Waals surface area contributed by atoms with Crippen LogP contribution in [-0.4, -0.2) is 32.1 Å². The van der Waals surface area contributed by atoms with E-state index in [0.717, 1.165) is 11.8 Å². The van der Waals surface area contributed by atoms with Gasteiger partial charge < -0.3 is 15.9 Å². The number of rotatable bonds is 8. The molecule has 0 saturated heterocycles. The minimum atomic E-state index is -0.925. The quantitative estimate of drug-likeness (QED) is 0.508. The number of halogens is 1. The molecular formula is C17H21ClN6O2S. The van der Waals surface area contributed by atoms with Crippen molar-refractivity contribution in [3.63, 3.8) is 0 Å². The summed E-state index contributed by atoms with van der Waals surface area (Å²) in [4.78, 5) is 12.1. The van der Waals surface area contributed by atoms with Gasteiger partial charge in [0.2, 0.25) is 11.1 Å². The monoisotopic (exact) mass is 408 g/mol. The van der Waals surface area contributed by atoms with E-state index >= 15 is 0 Å². The van der Waals surface area contributed by atoms with E-state index < -0.39 is 5.54 Å². The number of thioether (sulfide) groups is 1. The molecule has 1 atom stereocenters. The number of aromatic nitrogens is 3. The Balaban J connectivity index is 1.90. The first-order valence-corrected chi connectivity index (χ1v) is 9.54. The van der Waals surface area contributed by atoms with Crippen molar-refractivity contribution < 1.29 is 9.53 Å². The Morgan fingerprint density at radius 1 is 1.44 bits per heavy atom. The van der Waals surface area contributed by atoms with E-state index in [9.17, 15) is 10.1 Å². The maximum Gasteiger partial charge on any atom is 0.231 e. The van der Waals surface area contributed by atoms with Gasteiger partial charge in [-0.1, -0.05) is 37.2 Å². The van der Waals surface area contributed by atoms with Crippen molar-refractivity contribution in [3.05, 3.63) is 35.1 Å². The standard InChI is InChI=1S/C17H21ClN6O2S/c1-11(2)17(3,10-19)21-15(25)9-27-16-23-22-14(24(16)20)8-26-13-6-4-12(18)5-7-13/h4-7,11H,8-9,20H2,1-3H3,(H,21,25). The summed E-state index contributed by atoms with van der Waals surface area (Å²) >= 11 is 6.96. The molecule has 1 aromatic carbocycles. The molecule has 27 heavy (non-hydrogen) atoms. The Morgan fingerprint density at radius 3 is 2.70 bits per heavy atom. The topological polar surface area (TPSA) is 119 Å². The number of ether oxygens (including phenoxy) is 1. The third kappa shape index (κ3) is 5.52. The van der Waals surface area contributed by atoms with E-state index in [2.05, 4.69) is 21.6 Å². The lowest BCUT2D eigenvalue weighted by atomic mass is 9.90. The first-order chi connectivity index (χ1) is 12.7. The largest absolute Gasteiger partial charge is 0.486 e. The fourth-order valence-electron chi connectivity index (χ4n) is 1.94. The minimum absolute atomic E-state index is 0.0220. The van der Waals surface area contributed by atoms with Gasteiger partial charge in [-0.25, -0.2) is 4.68 Å². The number of nitriles is 1. The highest BCUT2D eigenvalue weighted by atomic mass is 35.5. The molecule has 0 aliphatic rings. The SMILES string of the molecule is CC(C)C(C)(C#N)NC(=O)CSc1nnc(COc2ccc(Cl)cc2)n1N. The molecule has 0 spiro atoms. The molecule has 0 bridgehead atoms. The highest BCUT2D eigenvalue weighted by molar-refractivity contribution is 7.99. The van der Waals surface area contributed by atoms with Crippen LogP contribution in [0.3, 0.4) is 0 Å². The van der Waals surface area contributed by atoms with Crippen LogP contribution in [0.25, 0.3) is 0 Å². The van der Waals surface area contributed by atoms with Crippen molar-refractivity contribution >= 4 is 29.3 Å². The van der Waals surface area contributed by atoms with Gasteiger partial charge in [0.15, 0.2) is 5.82 Å². The van der Waals surface area contributed by atoms with E-state index in [-0.39, 0.29) is 24.2 Å². The molecule has 1 heterocycles. The van der Waals surface area contributed by atoms with Gasteiger partial charge in [-0.3, -0.25) is 4.79 Å². The second-order valence-electron chi connectivity index (χ2n) is 6.32. The zero-order chi connectivity index (χ0) is 20.0. The fourth-order valence-corrected chi connectivity index (χ4v) is 2.74. The fraction of sp³-hybridized carbons (Fsp3) is 0.412. The van der Waals surface area contributed by atoms with E-state index in [0.29, 0.717) is 21.8 Å². The number of carbonyl (C=O) groups excluding carboxylic acids is 1. The number of nitrogen functional groups attached to an aromatic ring is 1. The maximum absolute atomic E-state index is 12.1. The Bertz CT molecular complexity index is 833. The van der Waals surface area contributed by atoms with Crippen molar-refractivity contribution in [1.82, 2.24) is 20.2 Å². The van der Waals surface area contributed by atoms with E-state index in [1.165, 1.54) is 4.68 Å². The highest BCUT2D eigenvalue weighted by Gasteiger charge is 2.30. The summed E-state index contributed by atoms with van der Waals surface area (Å²) in [6, 6.07) is 9.04. The zero-order valence-corrected chi connectivity index (χ0v) is 16.8. The van der Waals surface area contributed by atoms with Crippen LogP contribution in [0.4, 0.5) is 0 Å². The van der Waals surface area contributed by atoms with Gasteiger partial charge in [-0.2, -0.15) is 5.26 Å². The molecule has 3 N–H and O–H groups in total. The average Bonchev–Trinajstić information content (AvgIpc) is 2.99. The van der Waals surface area contributed by atoms with Crippen LogP contribution in [0.2, 0.25) is 5.02 Å². The predicted molar refractivity (Wildman–Crippen MR) is 104 cm³/mol. The van der Waals surface area contributed by atoms with Crippen LogP contribution < -0.4 is 15.9 Å². The van der Waals surface area contributed by atoms with Crippen LogP contribution in [0.5, 0.6) is 5.75 Å². The number of carbonyl (C=O) groups is 1. The van der Waals surface area contributed by atoms with E-state index in [1.807, 2.05) is 13.8 Å². The average molecular weight is 409 g/mol. The Morgan fingerprint density at radius 2 is 2.11 bits per heavy atom. The van der Waals surface area contributed by atoms with Crippen LogP contribution in [-0.2, 0) is 11.4 Å². The van der Waals surface area contributed by atoms with Gasteiger partial charge in [0.05, 0.1) is 11.8 Å². The number of amides is 1. The Kier molecular flexibility index (Phi) is 6.93. The lowest BCUT2D eigenvalue weighted by molar-refractivity contribution is -0.120. The van der Waals surface area contributed by atoms with Crippen LogP contribution in [0.15, 0.2) is 29.4 Å². The van der Waals surface area contributed by atoms with Crippen molar-refractivity contribution in [2.75, 3.05) is 11.6 Å². The summed E-state index contributed by atoms with van der Waals surface area (Å²) in [5.74, 6) is 6.77. The van der Waals surface area contributed by atoms with Crippen LogP contribution >= 0.6 is 23.4 Å². The van der Waals surface area contributed by atoms with Crippen molar-refractivity contribution in [2.24, 2.45) is 5.92 Å². The van der Waals surface area contributed by atoms with Crippen LogP contribution in [0, 0.1) is 17.2 Å². The van der Waals surface area contributed by atoms with E-state index in [1.54, 1.807) is 31.2 Å². The van der Waals surface area contributed by atoms with E-state index in [4.69, 9.17) is 22.2 Å². The molecule has 1 amide bonds. The molecule has 2 rings (SSSR count). The zero-order valence-electron chi connectivity index (χ0n) is 15.3. The lowest BCUT2D eigenvalue weighted by Crippen LogP contribution is -2.49. The first-order valence-electron chi connectivity index (χ1n) is 8.18. The molecule has 0 aliphatic heterocycles. The molecule has 0 fully saturated rings. The highest BCUT2D eigenvalue weighted by Crippen LogP contribution is 2.19. The molecule has 8 nitrogen and oxygen atoms in total.